The van der Waals surface area contributed by atoms with E-state index in [1.54, 1.807) is 6.07 Å². The van der Waals surface area contributed by atoms with E-state index in [0.29, 0.717) is 12.1 Å². The summed E-state index contributed by atoms with van der Waals surface area (Å²) >= 11 is 0. The number of anilines is 1. The Bertz CT molecular complexity index is 609. The lowest BCUT2D eigenvalue weighted by atomic mass is 10.0. The summed E-state index contributed by atoms with van der Waals surface area (Å²) in [5.41, 5.74) is 1.83. The maximum Gasteiger partial charge on any atom is 0.146 e. The standard InChI is InChI=1S/C19H24FN3/c1-2-17(18-8-5-6-12-21-18)22-15-10-13-23(14-11-15)19-9-4-3-7-16(19)20/h3-9,12,15,17,22H,2,10-11,13-14H2,1H3/t17-/m1/s1. The van der Waals surface area contributed by atoms with Gasteiger partial charge in [-0.1, -0.05) is 25.1 Å². The number of benzene rings is 1. The minimum atomic E-state index is -0.126. The van der Waals surface area contributed by atoms with Crippen molar-refractivity contribution >= 4 is 5.69 Å². The van der Waals surface area contributed by atoms with E-state index < -0.39 is 0 Å². The number of hydrogen-bond donors (Lipinski definition) is 1. The van der Waals surface area contributed by atoms with E-state index in [9.17, 15) is 4.39 Å². The van der Waals surface area contributed by atoms with Crippen molar-refractivity contribution in [3.63, 3.8) is 0 Å². The molecular weight excluding hydrogens is 289 g/mol. The van der Waals surface area contributed by atoms with Gasteiger partial charge in [0.2, 0.25) is 0 Å². The molecule has 0 spiro atoms. The van der Waals surface area contributed by atoms with Gasteiger partial charge in [-0.05, 0) is 43.5 Å². The third kappa shape index (κ3) is 3.88. The first-order valence-corrected chi connectivity index (χ1v) is 8.44. The van der Waals surface area contributed by atoms with Crippen LogP contribution in [0.25, 0.3) is 0 Å². The third-order valence-electron chi connectivity index (χ3n) is 4.58. The summed E-state index contributed by atoms with van der Waals surface area (Å²) in [6, 6.07) is 13.9. The lowest BCUT2D eigenvalue weighted by molar-refractivity contribution is 0.359. The molecule has 3 nitrogen and oxygen atoms in total. The third-order valence-corrected chi connectivity index (χ3v) is 4.58. The Morgan fingerprint density at radius 1 is 1.17 bits per heavy atom. The van der Waals surface area contributed by atoms with E-state index in [1.165, 1.54) is 6.07 Å². The van der Waals surface area contributed by atoms with Crippen molar-refractivity contribution in [1.82, 2.24) is 10.3 Å². The summed E-state index contributed by atoms with van der Waals surface area (Å²) in [5.74, 6) is -0.126. The van der Waals surface area contributed by atoms with Gasteiger partial charge in [0.05, 0.1) is 11.4 Å². The average Bonchev–Trinajstić information content (AvgIpc) is 2.61. The first-order chi connectivity index (χ1) is 11.3. The largest absolute Gasteiger partial charge is 0.369 e. The number of piperidine rings is 1. The first-order valence-electron chi connectivity index (χ1n) is 8.44. The Morgan fingerprint density at radius 3 is 2.57 bits per heavy atom. The van der Waals surface area contributed by atoms with Crippen molar-refractivity contribution in [2.45, 2.75) is 38.3 Å². The van der Waals surface area contributed by atoms with Crippen molar-refractivity contribution in [1.29, 1.82) is 0 Å². The fourth-order valence-corrected chi connectivity index (χ4v) is 3.27. The highest BCUT2D eigenvalue weighted by Crippen LogP contribution is 2.24. The number of rotatable bonds is 5. The Balaban J connectivity index is 1.58. The van der Waals surface area contributed by atoms with Crippen LogP contribution in [0.4, 0.5) is 10.1 Å². The molecule has 2 aromatic rings. The molecule has 0 unspecified atom stereocenters. The molecule has 1 aromatic heterocycles. The van der Waals surface area contributed by atoms with E-state index >= 15 is 0 Å². The van der Waals surface area contributed by atoms with Crippen LogP contribution < -0.4 is 10.2 Å². The van der Waals surface area contributed by atoms with E-state index in [4.69, 9.17) is 0 Å². The molecule has 0 bridgehead atoms. The summed E-state index contributed by atoms with van der Waals surface area (Å²) in [6.45, 7) is 3.95. The molecule has 0 radical (unpaired) electrons. The fraction of sp³-hybridized carbons (Fsp3) is 0.421. The van der Waals surface area contributed by atoms with E-state index in [1.807, 2.05) is 30.5 Å². The zero-order valence-corrected chi connectivity index (χ0v) is 13.6. The Labute approximate surface area is 137 Å². The number of hydrogen-bond acceptors (Lipinski definition) is 3. The second kappa shape index (κ2) is 7.55. The number of para-hydroxylation sites is 1. The van der Waals surface area contributed by atoms with Crippen molar-refractivity contribution in [2.24, 2.45) is 0 Å². The Kier molecular flexibility index (Phi) is 5.23. The van der Waals surface area contributed by atoms with Gasteiger partial charge in [-0.25, -0.2) is 4.39 Å². The molecule has 0 amide bonds. The van der Waals surface area contributed by atoms with Crippen LogP contribution in [0.2, 0.25) is 0 Å². The highest BCUT2D eigenvalue weighted by molar-refractivity contribution is 5.47. The van der Waals surface area contributed by atoms with Crippen LogP contribution in [0.1, 0.15) is 37.9 Å². The predicted octanol–water partition coefficient (Wildman–Crippen LogP) is 3.93. The highest BCUT2D eigenvalue weighted by Gasteiger charge is 2.23. The van der Waals surface area contributed by atoms with Gasteiger partial charge >= 0.3 is 0 Å². The molecule has 122 valence electrons. The molecule has 3 rings (SSSR count). The van der Waals surface area contributed by atoms with Crippen LogP contribution in [0.15, 0.2) is 48.7 Å². The summed E-state index contributed by atoms with van der Waals surface area (Å²) < 4.78 is 13.9. The van der Waals surface area contributed by atoms with Gasteiger partial charge in [0.1, 0.15) is 5.82 Å². The summed E-state index contributed by atoms with van der Waals surface area (Å²) in [5, 5.41) is 3.73. The summed E-state index contributed by atoms with van der Waals surface area (Å²) in [7, 11) is 0. The molecule has 0 saturated carbocycles. The number of aromatic nitrogens is 1. The number of pyridine rings is 1. The fourth-order valence-electron chi connectivity index (χ4n) is 3.27. The molecule has 1 saturated heterocycles. The second-order valence-corrected chi connectivity index (χ2v) is 6.09. The van der Waals surface area contributed by atoms with Gasteiger partial charge in [-0.15, -0.1) is 0 Å². The Morgan fingerprint density at radius 2 is 1.91 bits per heavy atom. The minimum Gasteiger partial charge on any atom is -0.369 e. The molecule has 2 heterocycles. The monoisotopic (exact) mass is 313 g/mol. The van der Waals surface area contributed by atoms with Crippen LogP contribution in [-0.4, -0.2) is 24.1 Å². The smallest absolute Gasteiger partial charge is 0.146 e. The van der Waals surface area contributed by atoms with Gasteiger partial charge in [0.25, 0.3) is 0 Å². The first kappa shape index (κ1) is 15.9. The second-order valence-electron chi connectivity index (χ2n) is 6.09. The zero-order valence-electron chi connectivity index (χ0n) is 13.6. The zero-order chi connectivity index (χ0) is 16.1. The molecule has 1 aliphatic heterocycles. The SMILES string of the molecule is CC[C@@H](NC1CCN(c2ccccc2F)CC1)c1ccccn1. The molecule has 1 aliphatic rings. The molecule has 4 heteroatoms. The molecule has 0 aliphatic carbocycles. The van der Waals surface area contributed by atoms with Crippen LogP contribution in [0.5, 0.6) is 0 Å². The minimum absolute atomic E-state index is 0.126. The van der Waals surface area contributed by atoms with Crippen LogP contribution in [0, 0.1) is 5.82 Å². The van der Waals surface area contributed by atoms with Gasteiger partial charge in [-0.2, -0.15) is 0 Å². The summed E-state index contributed by atoms with van der Waals surface area (Å²) in [4.78, 5) is 6.62. The lowest BCUT2D eigenvalue weighted by Gasteiger charge is -2.35. The number of nitrogens with one attached hydrogen (secondary N) is 1. The normalized spacial score (nSPS) is 17.2. The predicted molar refractivity (Wildman–Crippen MR) is 92.0 cm³/mol. The summed E-state index contributed by atoms with van der Waals surface area (Å²) in [6.07, 6.45) is 4.92. The molecule has 23 heavy (non-hydrogen) atoms. The van der Waals surface area contributed by atoms with Crippen molar-refractivity contribution in [3.8, 4) is 0 Å². The van der Waals surface area contributed by atoms with Gasteiger partial charge in [0, 0.05) is 31.4 Å². The van der Waals surface area contributed by atoms with Gasteiger partial charge < -0.3 is 10.2 Å². The number of nitrogens with zero attached hydrogens (tertiary/aromatic N) is 2. The van der Waals surface area contributed by atoms with Gasteiger partial charge in [-0.3, -0.25) is 4.98 Å². The van der Waals surface area contributed by atoms with Crippen LogP contribution in [0.3, 0.4) is 0 Å². The topological polar surface area (TPSA) is 28.2 Å². The molecule has 1 N–H and O–H groups in total. The van der Waals surface area contributed by atoms with Crippen LogP contribution >= 0.6 is 0 Å². The molecular formula is C19H24FN3. The van der Waals surface area contributed by atoms with Gasteiger partial charge in [0.15, 0.2) is 0 Å². The maximum atomic E-state index is 13.9. The quantitative estimate of drug-likeness (QED) is 0.906. The maximum absolute atomic E-state index is 13.9. The average molecular weight is 313 g/mol. The van der Waals surface area contributed by atoms with E-state index in [-0.39, 0.29) is 5.82 Å². The van der Waals surface area contributed by atoms with Crippen LogP contribution in [-0.2, 0) is 0 Å². The lowest BCUT2D eigenvalue weighted by Crippen LogP contribution is -2.44. The number of halogens is 1. The molecule has 1 atom stereocenters. The molecule has 1 fully saturated rings. The Hall–Kier alpha value is -1.94. The van der Waals surface area contributed by atoms with Crippen molar-refractivity contribution in [2.75, 3.05) is 18.0 Å². The highest BCUT2D eigenvalue weighted by atomic mass is 19.1. The van der Waals surface area contributed by atoms with Crippen molar-refractivity contribution in [3.05, 3.63) is 60.2 Å². The van der Waals surface area contributed by atoms with E-state index in [2.05, 4.69) is 28.2 Å². The molecule has 1 aromatic carbocycles. The van der Waals surface area contributed by atoms with Crippen molar-refractivity contribution < 1.29 is 4.39 Å². The van der Waals surface area contributed by atoms with E-state index in [0.717, 1.165) is 43.7 Å².